The van der Waals surface area contributed by atoms with Gasteiger partial charge in [0, 0.05) is 13.1 Å². The Morgan fingerprint density at radius 3 is 2.19 bits per heavy atom. The highest BCUT2D eigenvalue weighted by molar-refractivity contribution is 5.79. The van der Waals surface area contributed by atoms with Crippen LogP contribution in [0.4, 0.5) is 13.2 Å². The van der Waals surface area contributed by atoms with Gasteiger partial charge in [0.25, 0.3) is 0 Å². The number of carboxylic acids is 1. The smallest absolute Gasteiger partial charge is 0.416 e. The molecule has 0 fully saturated rings. The van der Waals surface area contributed by atoms with Crippen molar-refractivity contribution in [1.82, 2.24) is 4.90 Å². The predicted octanol–water partition coefficient (Wildman–Crippen LogP) is 2.57. The lowest BCUT2D eigenvalue weighted by atomic mass is 10.1. The lowest BCUT2D eigenvalue weighted by Gasteiger charge is -2.20. The quantitative estimate of drug-likeness (QED) is 0.878. The van der Waals surface area contributed by atoms with Crippen LogP contribution in [0.2, 0.25) is 0 Å². The Labute approximate surface area is 120 Å². The van der Waals surface area contributed by atoms with E-state index < -0.39 is 17.7 Å². The molecule has 0 spiro atoms. The minimum absolute atomic E-state index is 0.0500. The largest absolute Gasteiger partial charge is 0.481 e. The molecule has 0 heterocycles. The molecule has 1 rings (SSSR count). The van der Waals surface area contributed by atoms with Crippen molar-refractivity contribution < 1.29 is 27.9 Å². The Morgan fingerprint density at radius 1 is 1.19 bits per heavy atom. The molecular formula is C14H16F3NO3. The topological polar surface area (TPSA) is 57.6 Å². The number of carbonyl (C=O) groups excluding carboxylic acids is 1. The van der Waals surface area contributed by atoms with Crippen molar-refractivity contribution in [2.75, 3.05) is 13.1 Å². The standard InChI is InChI=1S/C14H16F3NO3/c1-2-18(8-7-13(20)21)12(19)9-10-3-5-11(6-4-10)14(15,16)17/h3-6H,2,7-9H2,1H3,(H,20,21). The maximum Gasteiger partial charge on any atom is 0.416 e. The van der Waals surface area contributed by atoms with Crippen molar-refractivity contribution in [2.24, 2.45) is 0 Å². The summed E-state index contributed by atoms with van der Waals surface area (Å²) in [4.78, 5) is 23.8. The van der Waals surface area contributed by atoms with Gasteiger partial charge in [-0.15, -0.1) is 0 Å². The Balaban J connectivity index is 2.67. The van der Waals surface area contributed by atoms with Gasteiger partial charge in [-0.25, -0.2) is 0 Å². The molecule has 1 aromatic rings. The molecule has 0 unspecified atom stereocenters. The van der Waals surface area contributed by atoms with Gasteiger partial charge in [0.05, 0.1) is 18.4 Å². The number of carbonyl (C=O) groups is 2. The first-order valence-electron chi connectivity index (χ1n) is 6.39. The summed E-state index contributed by atoms with van der Waals surface area (Å²) in [6, 6.07) is 4.36. The monoisotopic (exact) mass is 303 g/mol. The second-order valence-corrected chi connectivity index (χ2v) is 4.49. The van der Waals surface area contributed by atoms with Crippen molar-refractivity contribution in [2.45, 2.75) is 25.9 Å². The summed E-state index contributed by atoms with van der Waals surface area (Å²) < 4.78 is 37.2. The molecule has 0 aromatic heterocycles. The molecule has 0 aliphatic rings. The Hall–Kier alpha value is -2.05. The lowest BCUT2D eigenvalue weighted by Crippen LogP contribution is -2.34. The van der Waals surface area contributed by atoms with Crippen LogP contribution in [0.15, 0.2) is 24.3 Å². The zero-order valence-electron chi connectivity index (χ0n) is 11.5. The van der Waals surface area contributed by atoms with Crippen LogP contribution in [0.25, 0.3) is 0 Å². The van der Waals surface area contributed by atoms with E-state index in [-0.39, 0.29) is 25.3 Å². The van der Waals surface area contributed by atoms with Gasteiger partial charge in [-0.05, 0) is 24.6 Å². The van der Waals surface area contributed by atoms with E-state index in [9.17, 15) is 22.8 Å². The van der Waals surface area contributed by atoms with Crippen LogP contribution in [0.1, 0.15) is 24.5 Å². The summed E-state index contributed by atoms with van der Waals surface area (Å²) in [5, 5.41) is 8.59. The molecule has 0 aliphatic heterocycles. The highest BCUT2D eigenvalue weighted by Crippen LogP contribution is 2.29. The van der Waals surface area contributed by atoms with Crippen molar-refractivity contribution in [3.05, 3.63) is 35.4 Å². The van der Waals surface area contributed by atoms with E-state index in [2.05, 4.69) is 0 Å². The van der Waals surface area contributed by atoms with E-state index in [1.54, 1.807) is 6.92 Å². The molecule has 0 bridgehead atoms. The summed E-state index contributed by atoms with van der Waals surface area (Å²) in [6.45, 7) is 2.16. The molecule has 0 atom stereocenters. The number of hydrogen-bond acceptors (Lipinski definition) is 2. The first kappa shape index (κ1) is 17.0. The number of halogens is 3. The number of aliphatic carboxylic acids is 1. The number of amides is 1. The fourth-order valence-electron chi connectivity index (χ4n) is 1.79. The molecule has 4 nitrogen and oxygen atoms in total. The van der Waals surface area contributed by atoms with Crippen LogP contribution in [0, 0.1) is 0 Å². The average molecular weight is 303 g/mol. The van der Waals surface area contributed by atoms with Crippen LogP contribution >= 0.6 is 0 Å². The fraction of sp³-hybridized carbons (Fsp3) is 0.429. The van der Waals surface area contributed by atoms with Crippen LogP contribution in [0.3, 0.4) is 0 Å². The van der Waals surface area contributed by atoms with E-state index in [0.717, 1.165) is 12.1 Å². The van der Waals surface area contributed by atoms with Crippen LogP contribution in [-0.2, 0) is 22.2 Å². The second-order valence-electron chi connectivity index (χ2n) is 4.49. The molecule has 1 amide bonds. The van der Waals surface area contributed by atoms with Crippen molar-refractivity contribution in [3.8, 4) is 0 Å². The summed E-state index contributed by atoms with van der Waals surface area (Å²) in [6.07, 6.45) is -4.61. The SMILES string of the molecule is CCN(CCC(=O)O)C(=O)Cc1ccc(C(F)(F)F)cc1. The molecule has 7 heteroatoms. The summed E-state index contributed by atoms with van der Waals surface area (Å²) in [5.74, 6) is -1.31. The van der Waals surface area contributed by atoms with Crippen molar-refractivity contribution in [3.63, 3.8) is 0 Å². The number of hydrogen-bond donors (Lipinski definition) is 1. The van der Waals surface area contributed by atoms with E-state index in [1.165, 1.54) is 17.0 Å². The normalized spacial score (nSPS) is 11.2. The van der Waals surface area contributed by atoms with Gasteiger partial charge in [-0.1, -0.05) is 12.1 Å². The Kier molecular flexibility index (Phi) is 5.75. The van der Waals surface area contributed by atoms with Crippen LogP contribution < -0.4 is 0 Å². The summed E-state index contributed by atoms with van der Waals surface area (Å²) in [5.41, 5.74) is -0.307. The van der Waals surface area contributed by atoms with E-state index in [4.69, 9.17) is 5.11 Å². The van der Waals surface area contributed by atoms with E-state index in [0.29, 0.717) is 12.1 Å². The second kappa shape index (κ2) is 7.10. The van der Waals surface area contributed by atoms with Gasteiger partial charge in [0.15, 0.2) is 0 Å². The third kappa shape index (κ3) is 5.45. The third-order valence-electron chi connectivity index (χ3n) is 2.97. The number of benzene rings is 1. The van der Waals surface area contributed by atoms with E-state index >= 15 is 0 Å². The molecule has 0 saturated heterocycles. The molecule has 0 radical (unpaired) electrons. The number of rotatable bonds is 6. The molecule has 0 aliphatic carbocycles. The minimum Gasteiger partial charge on any atom is -0.481 e. The van der Waals surface area contributed by atoms with Crippen LogP contribution in [-0.4, -0.2) is 35.0 Å². The molecule has 0 saturated carbocycles. The van der Waals surface area contributed by atoms with Gasteiger partial charge in [-0.2, -0.15) is 13.2 Å². The minimum atomic E-state index is -4.40. The first-order valence-corrected chi connectivity index (χ1v) is 6.39. The van der Waals surface area contributed by atoms with Gasteiger partial charge in [-0.3, -0.25) is 9.59 Å². The van der Waals surface area contributed by atoms with Gasteiger partial charge in [0.2, 0.25) is 5.91 Å². The number of nitrogens with zero attached hydrogens (tertiary/aromatic N) is 1. The highest BCUT2D eigenvalue weighted by atomic mass is 19.4. The number of carboxylic acid groups (broad SMARTS) is 1. The van der Waals surface area contributed by atoms with Gasteiger partial charge >= 0.3 is 12.1 Å². The first-order chi connectivity index (χ1) is 9.74. The summed E-state index contributed by atoms with van der Waals surface area (Å²) in [7, 11) is 0. The molecule has 116 valence electrons. The maximum atomic E-state index is 12.4. The molecule has 21 heavy (non-hydrogen) atoms. The highest BCUT2D eigenvalue weighted by Gasteiger charge is 2.30. The van der Waals surface area contributed by atoms with Crippen molar-refractivity contribution in [1.29, 1.82) is 0 Å². The molecule has 1 aromatic carbocycles. The summed E-state index contributed by atoms with van der Waals surface area (Å²) >= 11 is 0. The van der Waals surface area contributed by atoms with Gasteiger partial charge < -0.3 is 10.0 Å². The molecule has 1 N–H and O–H groups in total. The predicted molar refractivity (Wildman–Crippen MR) is 69.7 cm³/mol. The van der Waals surface area contributed by atoms with E-state index in [1.807, 2.05) is 0 Å². The average Bonchev–Trinajstić information content (AvgIpc) is 2.38. The van der Waals surface area contributed by atoms with Crippen molar-refractivity contribution >= 4 is 11.9 Å². The zero-order valence-corrected chi connectivity index (χ0v) is 11.5. The van der Waals surface area contributed by atoms with Gasteiger partial charge in [0.1, 0.15) is 0 Å². The Bertz CT molecular complexity index is 497. The zero-order chi connectivity index (χ0) is 16.0. The number of alkyl halides is 3. The third-order valence-corrected chi connectivity index (χ3v) is 2.97. The molecular weight excluding hydrogens is 287 g/mol. The Morgan fingerprint density at radius 2 is 1.76 bits per heavy atom. The lowest BCUT2D eigenvalue weighted by molar-refractivity contribution is -0.139. The number of likely N-dealkylation sites (N-methyl/N-ethyl adjacent to an activating group) is 1. The van der Waals surface area contributed by atoms with Crippen LogP contribution in [0.5, 0.6) is 0 Å². The maximum absolute atomic E-state index is 12.4. The fourth-order valence-corrected chi connectivity index (χ4v) is 1.79.